The van der Waals surface area contributed by atoms with E-state index in [0.717, 1.165) is 17.3 Å². The standard InChI is InChI=1S/C16H12ClN5O3S/c17-13-4-2-1-3-12(13)15-19-16(21-20-15)26-9-14(23)18-10-5-7-11(8-6-10)22(24)25/h1-8H,9H2,(H,18,23)(H,19,20,21). The number of halogens is 1. The van der Waals surface area contributed by atoms with E-state index in [4.69, 9.17) is 11.6 Å². The Morgan fingerprint density at radius 3 is 2.65 bits per heavy atom. The molecule has 26 heavy (non-hydrogen) atoms. The Bertz CT molecular complexity index is 945. The lowest BCUT2D eigenvalue weighted by atomic mass is 10.2. The number of hydrogen-bond donors (Lipinski definition) is 2. The lowest BCUT2D eigenvalue weighted by molar-refractivity contribution is -0.384. The highest BCUT2D eigenvalue weighted by Gasteiger charge is 2.11. The summed E-state index contributed by atoms with van der Waals surface area (Å²) in [6.07, 6.45) is 0. The quantitative estimate of drug-likeness (QED) is 0.377. The fourth-order valence-electron chi connectivity index (χ4n) is 2.08. The predicted octanol–water partition coefficient (Wildman–Crippen LogP) is 3.76. The number of amides is 1. The van der Waals surface area contributed by atoms with Gasteiger partial charge in [-0.15, -0.1) is 5.10 Å². The summed E-state index contributed by atoms with van der Waals surface area (Å²) in [5.74, 6) is 0.346. The minimum absolute atomic E-state index is 0.0369. The minimum atomic E-state index is -0.499. The maximum absolute atomic E-state index is 12.0. The molecule has 2 N–H and O–H groups in total. The number of benzene rings is 2. The van der Waals surface area contributed by atoms with Crippen LogP contribution in [0.1, 0.15) is 0 Å². The van der Waals surface area contributed by atoms with Gasteiger partial charge in [0.1, 0.15) is 0 Å². The second-order valence-electron chi connectivity index (χ2n) is 5.09. The van der Waals surface area contributed by atoms with Gasteiger partial charge in [-0.2, -0.15) is 0 Å². The van der Waals surface area contributed by atoms with Crippen molar-refractivity contribution in [1.82, 2.24) is 15.2 Å². The van der Waals surface area contributed by atoms with Gasteiger partial charge in [0, 0.05) is 23.4 Å². The summed E-state index contributed by atoms with van der Waals surface area (Å²) in [7, 11) is 0. The third-order valence-corrected chi connectivity index (χ3v) is 4.47. The van der Waals surface area contributed by atoms with Crippen molar-refractivity contribution in [2.24, 2.45) is 0 Å². The molecule has 0 radical (unpaired) electrons. The van der Waals surface area contributed by atoms with E-state index in [1.807, 2.05) is 18.2 Å². The number of nitrogens with one attached hydrogen (secondary N) is 2. The summed E-state index contributed by atoms with van der Waals surface area (Å²) < 4.78 is 0. The number of carbonyl (C=O) groups excluding carboxylic acids is 1. The number of aromatic amines is 1. The molecule has 1 heterocycles. The number of hydrogen-bond acceptors (Lipinski definition) is 6. The Morgan fingerprint density at radius 2 is 1.96 bits per heavy atom. The number of thioether (sulfide) groups is 1. The van der Waals surface area contributed by atoms with Crippen LogP contribution in [0.3, 0.4) is 0 Å². The molecule has 0 aliphatic heterocycles. The van der Waals surface area contributed by atoms with Crippen molar-refractivity contribution in [3.63, 3.8) is 0 Å². The first kappa shape index (κ1) is 17.9. The zero-order valence-corrected chi connectivity index (χ0v) is 14.8. The lowest BCUT2D eigenvalue weighted by Crippen LogP contribution is -2.14. The van der Waals surface area contributed by atoms with Crippen LogP contribution >= 0.6 is 23.4 Å². The number of nitrogens with zero attached hydrogens (tertiary/aromatic N) is 3. The molecule has 0 aliphatic rings. The first-order chi connectivity index (χ1) is 12.5. The van der Waals surface area contributed by atoms with E-state index >= 15 is 0 Å². The van der Waals surface area contributed by atoms with Gasteiger partial charge in [-0.3, -0.25) is 20.0 Å². The Balaban J connectivity index is 1.56. The largest absolute Gasteiger partial charge is 0.325 e. The number of non-ortho nitro benzene ring substituents is 1. The van der Waals surface area contributed by atoms with Gasteiger partial charge in [-0.05, 0) is 24.3 Å². The van der Waals surface area contributed by atoms with Gasteiger partial charge in [0.25, 0.3) is 5.69 Å². The number of aromatic nitrogens is 3. The van der Waals surface area contributed by atoms with Crippen LogP contribution in [-0.2, 0) is 4.79 Å². The molecule has 3 aromatic rings. The van der Waals surface area contributed by atoms with Gasteiger partial charge < -0.3 is 5.32 Å². The molecule has 0 saturated carbocycles. The van der Waals surface area contributed by atoms with Crippen molar-refractivity contribution in [1.29, 1.82) is 0 Å². The van der Waals surface area contributed by atoms with Crippen LogP contribution in [0, 0.1) is 10.1 Å². The summed E-state index contributed by atoms with van der Waals surface area (Å²) in [6, 6.07) is 12.8. The maximum Gasteiger partial charge on any atom is 0.269 e. The summed E-state index contributed by atoms with van der Waals surface area (Å²) >= 11 is 7.28. The van der Waals surface area contributed by atoms with E-state index in [-0.39, 0.29) is 17.3 Å². The first-order valence-corrected chi connectivity index (χ1v) is 8.73. The number of carbonyl (C=O) groups is 1. The molecule has 0 aliphatic carbocycles. The first-order valence-electron chi connectivity index (χ1n) is 7.37. The predicted molar refractivity (Wildman–Crippen MR) is 99.3 cm³/mol. The van der Waals surface area contributed by atoms with Crippen molar-refractivity contribution in [2.45, 2.75) is 5.16 Å². The lowest BCUT2D eigenvalue weighted by Gasteiger charge is -2.03. The van der Waals surface area contributed by atoms with Crippen LogP contribution in [0.4, 0.5) is 11.4 Å². The molecule has 132 valence electrons. The smallest absolute Gasteiger partial charge is 0.269 e. The second-order valence-corrected chi connectivity index (χ2v) is 6.44. The average Bonchev–Trinajstić information content (AvgIpc) is 3.09. The Hall–Kier alpha value is -2.91. The molecule has 10 heteroatoms. The number of nitro groups is 1. The molecule has 0 fully saturated rings. The van der Waals surface area contributed by atoms with E-state index in [1.165, 1.54) is 24.3 Å². The molecule has 0 unspecified atom stereocenters. The number of H-pyrrole nitrogens is 1. The molecular formula is C16H12ClN5O3S. The van der Waals surface area contributed by atoms with Crippen molar-refractivity contribution in [3.8, 4) is 11.4 Å². The van der Waals surface area contributed by atoms with Crippen LogP contribution in [0.2, 0.25) is 5.02 Å². The van der Waals surface area contributed by atoms with Gasteiger partial charge >= 0.3 is 0 Å². The molecule has 2 aromatic carbocycles. The maximum atomic E-state index is 12.0. The molecule has 1 aromatic heterocycles. The van der Waals surface area contributed by atoms with Gasteiger partial charge in [-0.1, -0.05) is 35.5 Å². The summed E-state index contributed by atoms with van der Waals surface area (Å²) in [5, 5.41) is 21.1. The molecule has 0 atom stereocenters. The third-order valence-electron chi connectivity index (χ3n) is 3.29. The second kappa shape index (κ2) is 7.98. The van der Waals surface area contributed by atoms with Gasteiger partial charge in [0.05, 0.1) is 15.7 Å². The van der Waals surface area contributed by atoms with E-state index in [0.29, 0.717) is 21.7 Å². The highest BCUT2D eigenvalue weighted by Crippen LogP contribution is 2.26. The van der Waals surface area contributed by atoms with Crippen LogP contribution in [0.15, 0.2) is 53.7 Å². The van der Waals surface area contributed by atoms with Crippen molar-refractivity contribution >= 4 is 40.6 Å². The van der Waals surface area contributed by atoms with Crippen LogP contribution in [0.5, 0.6) is 0 Å². The van der Waals surface area contributed by atoms with Crippen LogP contribution < -0.4 is 5.32 Å². The zero-order valence-electron chi connectivity index (χ0n) is 13.2. The molecular weight excluding hydrogens is 378 g/mol. The Kier molecular flexibility index (Phi) is 5.49. The highest BCUT2D eigenvalue weighted by atomic mass is 35.5. The fourth-order valence-corrected chi connectivity index (χ4v) is 2.90. The van der Waals surface area contributed by atoms with Gasteiger partial charge in [0.2, 0.25) is 11.1 Å². The van der Waals surface area contributed by atoms with Crippen LogP contribution in [-0.4, -0.2) is 31.8 Å². The van der Waals surface area contributed by atoms with Crippen molar-refractivity contribution in [2.75, 3.05) is 11.1 Å². The fraction of sp³-hybridized carbons (Fsp3) is 0.0625. The number of nitro benzene ring substituents is 1. The van der Waals surface area contributed by atoms with Crippen molar-refractivity contribution in [3.05, 3.63) is 63.7 Å². The molecule has 1 amide bonds. The molecule has 0 spiro atoms. The summed E-state index contributed by atoms with van der Waals surface area (Å²) in [5.41, 5.74) is 1.17. The van der Waals surface area contributed by atoms with E-state index in [1.54, 1.807) is 6.07 Å². The van der Waals surface area contributed by atoms with Crippen LogP contribution in [0.25, 0.3) is 11.4 Å². The summed E-state index contributed by atoms with van der Waals surface area (Å²) in [6.45, 7) is 0. The van der Waals surface area contributed by atoms with Gasteiger partial charge in [-0.25, -0.2) is 4.98 Å². The average molecular weight is 390 g/mol. The summed E-state index contributed by atoms with van der Waals surface area (Å²) in [4.78, 5) is 26.4. The molecule has 0 saturated heterocycles. The van der Waals surface area contributed by atoms with E-state index in [2.05, 4.69) is 20.5 Å². The Morgan fingerprint density at radius 1 is 1.23 bits per heavy atom. The van der Waals surface area contributed by atoms with E-state index in [9.17, 15) is 14.9 Å². The molecule has 0 bridgehead atoms. The Labute approximate surface area is 157 Å². The highest BCUT2D eigenvalue weighted by molar-refractivity contribution is 7.99. The molecule has 3 rings (SSSR count). The minimum Gasteiger partial charge on any atom is -0.325 e. The molecule has 8 nitrogen and oxygen atoms in total. The van der Waals surface area contributed by atoms with E-state index < -0.39 is 4.92 Å². The topological polar surface area (TPSA) is 114 Å². The van der Waals surface area contributed by atoms with Gasteiger partial charge in [0.15, 0.2) is 5.82 Å². The SMILES string of the molecule is O=C(CSc1n[nH]c(-c2ccccc2Cl)n1)Nc1ccc([N+](=O)[O-])cc1. The monoisotopic (exact) mass is 389 g/mol. The number of anilines is 1. The third kappa shape index (κ3) is 4.38. The number of rotatable bonds is 6. The normalized spacial score (nSPS) is 10.5. The van der Waals surface area contributed by atoms with Crippen molar-refractivity contribution < 1.29 is 9.72 Å². The zero-order chi connectivity index (χ0) is 18.5.